The first-order valence-corrected chi connectivity index (χ1v) is 8.72. The summed E-state index contributed by atoms with van der Waals surface area (Å²) in [6, 6.07) is 8.10. The highest BCUT2D eigenvalue weighted by Gasteiger charge is 2.35. The molecular weight excluding hydrogens is 304 g/mol. The largest absolute Gasteiger partial charge is 0.324 e. The van der Waals surface area contributed by atoms with Gasteiger partial charge in [0, 0.05) is 5.69 Å². The van der Waals surface area contributed by atoms with Crippen molar-refractivity contribution in [1.82, 2.24) is 0 Å². The molecule has 0 saturated heterocycles. The van der Waals surface area contributed by atoms with E-state index in [-0.39, 0.29) is 18.3 Å². The highest BCUT2D eigenvalue weighted by molar-refractivity contribution is 7.98. The van der Waals surface area contributed by atoms with Gasteiger partial charge in [-0.05, 0) is 49.0 Å². The molecule has 3 nitrogen and oxygen atoms in total. The lowest BCUT2D eigenvalue weighted by atomic mass is 9.82. The Morgan fingerprint density at radius 2 is 1.86 bits per heavy atom. The van der Waals surface area contributed by atoms with Gasteiger partial charge in [0.05, 0.1) is 5.54 Å². The van der Waals surface area contributed by atoms with Gasteiger partial charge in [-0.2, -0.15) is 11.8 Å². The first kappa shape index (κ1) is 18.3. The fourth-order valence-electron chi connectivity index (χ4n) is 2.64. The van der Waals surface area contributed by atoms with Gasteiger partial charge in [-0.1, -0.05) is 31.4 Å². The number of carbonyl (C=O) groups excluding carboxylic acids is 1. The second kappa shape index (κ2) is 8.66. The Morgan fingerprint density at radius 1 is 1.24 bits per heavy atom. The van der Waals surface area contributed by atoms with Crippen LogP contribution in [0.4, 0.5) is 5.69 Å². The summed E-state index contributed by atoms with van der Waals surface area (Å²) < 4.78 is 0. The predicted molar refractivity (Wildman–Crippen MR) is 94.4 cm³/mol. The summed E-state index contributed by atoms with van der Waals surface area (Å²) in [5, 5.41) is 2.97. The van der Waals surface area contributed by atoms with Crippen molar-refractivity contribution in [3.8, 4) is 0 Å². The van der Waals surface area contributed by atoms with Gasteiger partial charge in [0.25, 0.3) is 0 Å². The van der Waals surface area contributed by atoms with E-state index >= 15 is 0 Å². The maximum absolute atomic E-state index is 12.3. The first-order valence-electron chi connectivity index (χ1n) is 7.32. The SMILES string of the molecule is CSCCc1ccc(NC(=O)C2(N)CCCCC2)cc1.Cl. The fourth-order valence-corrected chi connectivity index (χ4v) is 3.08. The first-order chi connectivity index (χ1) is 9.64. The molecule has 0 heterocycles. The van der Waals surface area contributed by atoms with Gasteiger partial charge in [-0.25, -0.2) is 0 Å². The number of nitrogens with one attached hydrogen (secondary N) is 1. The smallest absolute Gasteiger partial charge is 0.244 e. The second-order valence-corrected chi connectivity index (χ2v) is 6.60. The maximum atomic E-state index is 12.3. The van der Waals surface area contributed by atoms with E-state index in [0.717, 1.165) is 43.5 Å². The van der Waals surface area contributed by atoms with Gasteiger partial charge in [0.15, 0.2) is 0 Å². The van der Waals surface area contributed by atoms with Gasteiger partial charge in [0.1, 0.15) is 0 Å². The van der Waals surface area contributed by atoms with Gasteiger partial charge in [-0.3, -0.25) is 4.79 Å². The van der Waals surface area contributed by atoms with Crippen molar-refractivity contribution in [2.45, 2.75) is 44.1 Å². The summed E-state index contributed by atoms with van der Waals surface area (Å²) in [4.78, 5) is 12.3. The maximum Gasteiger partial charge on any atom is 0.244 e. The van der Waals surface area contributed by atoms with Crippen molar-refractivity contribution < 1.29 is 4.79 Å². The number of nitrogens with two attached hydrogens (primary N) is 1. The highest BCUT2D eigenvalue weighted by atomic mass is 35.5. The number of amides is 1. The molecule has 0 bridgehead atoms. The molecule has 1 aliphatic carbocycles. The molecule has 1 aromatic rings. The molecule has 0 spiro atoms. The number of aryl methyl sites for hydroxylation is 1. The van der Waals surface area contributed by atoms with E-state index in [1.807, 2.05) is 23.9 Å². The molecule has 0 aromatic heterocycles. The van der Waals surface area contributed by atoms with E-state index in [4.69, 9.17) is 5.73 Å². The van der Waals surface area contributed by atoms with E-state index < -0.39 is 5.54 Å². The number of anilines is 1. The molecule has 1 aromatic carbocycles. The van der Waals surface area contributed by atoms with Crippen molar-refractivity contribution >= 4 is 35.8 Å². The zero-order valence-electron chi connectivity index (χ0n) is 12.6. The molecule has 3 N–H and O–H groups in total. The second-order valence-electron chi connectivity index (χ2n) is 5.61. The van der Waals surface area contributed by atoms with Crippen LogP contribution in [0.3, 0.4) is 0 Å². The normalized spacial score (nSPS) is 16.9. The Hall–Kier alpha value is -0.710. The average Bonchev–Trinajstić information content (AvgIpc) is 2.47. The predicted octanol–water partition coefficient (Wildman–Crippen LogP) is 3.61. The van der Waals surface area contributed by atoms with Crippen LogP contribution in [0, 0.1) is 0 Å². The monoisotopic (exact) mass is 328 g/mol. The van der Waals surface area contributed by atoms with Crippen LogP contribution in [-0.2, 0) is 11.2 Å². The van der Waals surface area contributed by atoms with Gasteiger partial charge < -0.3 is 11.1 Å². The van der Waals surface area contributed by atoms with E-state index in [1.54, 1.807) is 0 Å². The Morgan fingerprint density at radius 3 is 2.43 bits per heavy atom. The lowest BCUT2D eigenvalue weighted by Gasteiger charge is -2.31. The van der Waals surface area contributed by atoms with Crippen LogP contribution in [0.1, 0.15) is 37.7 Å². The molecule has 5 heteroatoms. The summed E-state index contributed by atoms with van der Waals surface area (Å²) in [7, 11) is 0. The molecule has 0 aliphatic heterocycles. The topological polar surface area (TPSA) is 55.1 Å². The molecule has 1 saturated carbocycles. The summed E-state index contributed by atoms with van der Waals surface area (Å²) in [6.07, 6.45) is 8.07. The van der Waals surface area contributed by atoms with Crippen LogP contribution in [-0.4, -0.2) is 23.5 Å². The Kier molecular flexibility index (Phi) is 7.57. The number of hydrogen-bond donors (Lipinski definition) is 2. The molecule has 1 amide bonds. The molecule has 0 radical (unpaired) electrons. The van der Waals surface area contributed by atoms with Crippen LogP contribution >= 0.6 is 24.2 Å². The zero-order chi connectivity index (χ0) is 14.4. The average molecular weight is 329 g/mol. The van der Waals surface area contributed by atoms with Crippen LogP contribution < -0.4 is 11.1 Å². The third-order valence-electron chi connectivity index (χ3n) is 4.00. The van der Waals surface area contributed by atoms with Gasteiger partial charge >= 0.3 is 0 Å². The minimum Gasteiger partial charge on any atom is -0.324 e. The van der Waals surface area contributed by atoms with E-state index in [9.17, 15) is 4.79 Å². The Balaban J connectivity index is 0.00000220. The molecule has 2 rings (SSSR count). The number of halogens is 1. The number of hydrogen-bond acceptors (Lipinski definition) is 3. The number of carbonyl (C=O) groups is 1. The van der Waals surface area contributed by atoms with Crippen LogP contribution in [0.15, 0.2) is 24.3 Å². The van der Waals surface area contributed by atoms with Crippen molar-refractivity contribution in [1.29, 1.82) is 0 Å². The Bertz CT molecular complexity index is 444. The van der Waals surface area contributed by atoms with Crippen molar-refractivity contribution in [3.63, 3.8) is 0 Å². The van der Waals surface area contributed by atoms with Crippen molar-refractivity contribution in [2.75, 3.05) is 17.3 Å². The van der Waals surface area contributed by atoms with E-state index in [1.165, 1.54) is 12.0 Å². The number of rotatable bonds is 5. The van der Waals surface area contributed by atoms with Crippen LogP contribution in [0.2, 0.25) is 0 Å². The molecule has 0 unspecified atom stereocenters. The summed E-state index contributed by atoms with van der Waals surface area (Å²) in [6.45, 7) is 0. The molecule has 1 fully saturated rings. The van der Waals surface area contributed by atoms with Crippen molar-refractivity contribution in [2.24, 2.45) is 5.73 Å². The summed E-state index contributed by atoms with van der Waals surface area (Å²) in [5.74, 6) is 1.09. The van der Waals surface area contributed by atoms with Gasteiger partial charge in [-0.15, -0.1) is 12.4 Å². The third kappa shape index (κ3) is 5.20. The minimum absolute atomic E-state index is 0. The lowest BCUT2D eigenvalue weighted by Crippen LogP contribution is -2.52. The van der Waals surface area contributed by atoms with E-state index in [0.29, 0.717) is 0 Å². The quantitative estimate of drug-likeness (QED) is 0.868. The molecule has 118 valence electrons. The zero-order valence-corrected chi connectivity index (χ0v) is 14.2. The van der Waals surface area contributed by atoms with Crippen molar-refractivity contribution in [3.05, 3.63) is 29.8 Å². The third-order valence-corrected chi connectivity index (χ3v) is 4.62. The van der Waals surface area contributed by atoms with E-state index in [2.05, 4.69) is 23.7 Å². The minimum atomic E-state index is -0.671. The van der Waals surface area contributed by atoms with Gasteiger partial charge in [0.2, 0.25) is 5.91 Å². The highest BCUT2D eigenvalue weighted by Crippen LogP contribution is 2.27. The lowest BCUT2D eigenvalue weighted by molar-refractivity contribution is -0.122. The number of thioether (sulfide) groups is 1. The fraction of sp³-hybridized carbons (Fsp3) is 0.562. The molecule has 0 atom stereocenters. The molecule has 21 heavy (non-hydrogen) atoms. The van der Waals surface area contributed by atoms with Crippen LogP contribution in [0.5, 0.6) is 0 Å². The van der Waals surface area contributed by atoms with Crippen LogP contribution in [0.25, 0.3) is 0 Å². The molecular formula is C16H25ClN2OS. The standard InChI is InChI=1S/C16H24N2OS.ClH/c1-20-12-9-13-5-7-14(8-6-13)18-15(19)16(17)10-3-2-4-11-16;/h5-8H,2-4,9-12,17H2,1H3,(H,18,19);1H. The summed E-state index contributed by atoms with van der Waals surface area (Å²) >= 11 is 1.84. The Labute approximate surface area is 137 Å². The summed E-state index contributed by atoms with van der Waals surface area (Å²) in [5.41, 5.74) is 7.71. The molecule has 1 aliphatic rings. The number of benzene rings is 1.